The summed E-state index contributed by atoms with van der Waals surface area (Å²) < 4.78 is 2.00. The molecule has 0 atom stereocenters. The SMILES string of the molecule is CC(C)Cn1c(CCl)nnc1-c1cc(Cl)ccc1Cl. The Morgan fingerprint density at radius 1 is 1.21 bits per heavy atom. The van der Waals surface area contributed by atoms with Crippen LogP contribution in [0.5, 0.6) is 0 Å². The lowest BCUT2D eigenvalue weighted by atomic mass is 10.2. The van der Waals surface area contributed by atoms with Gasteiger partial charge in [-0.3, -0.25) is 0 Å². The molecule has 1 aromatic heterocycles. The summed E-state index contributed by atoms with van der Waals surface area (Å²) in [5.41, 5.74) is 0.777. The third-order valence-corrected chi connectivity index (χ3v) is 3.47. The lowest BCUT2D eigenvalue weighted by Crippen LogP contribution is -2.09. The number of aromatic nitrogens is 3. The van der Waals surface area contributed by atoms with E-state index in [4.69, 9.17) is 34.8 Å². The molecule has 0 aliphatic carbocycles. The van der Waals surface area contributed by atoms with Gasteiger partial charge in [0.05, 0.1) is 10.9 Å². The molecule has 102 valence electrons. The molecule has 0 saturated heterocycles. The van der Waals surface area contributed by atoms with E-state index in [1.54, 1.807) is 18.2 Å². The highest BCUT2D eigenvalue weighted by molar-refractivity contribution is 6.35. The van der Waals surface area contributed by atoms with E-state index in [-0.39, 0.29) is 0 Å². The topological polar surface area (TPSA) is 30.7 Å². The molecule has 0 fully saturated rings. The van der Waals surface area contributed by atoms with Gasteiger partial charge in [0, 0.05) is 17.1 Å². The van der Waals surface area contributed by atoms with Gasteiger partial charge in [-0.2, -0.15) is 0 Å². The van der Waals surface area contributed by atoms with Gasteiger partial charge in [-0.25, -0.2) is 0 Å². The molecule has 0 unspecified atom stereocenters. The average Bonchev–Trinajstić information content (AvgIpc) is 2.74. The number of hydrogen-bond donors (Lipinski definition) is 0. The van der Waals surface area contributed by atoms with Gasteiger partial charge in [-0.15, -0.1) is 21.8 Å². The van der Waals surface area contributed by atoms with Gasteiger partial charge < -0.3 is 4.57 Å². The fraction of sp³-hybridized carbons (Fsp3) is 0.385. The second-order valence-corrected chi connectivity index (χ2v) is 5.81. The van der Waals surface area contributed by atoms with Crippen molar-refractivity contribution in [3.63, 3.8) is 0 Å². The first-order chi connectivity index (χ1) is 9.02. The Labute approximate surface area is 127 Å². The Morgan fingerprint density at radius 2 is 1.95 bits per heavy atom. The number of hydrogen-bond acceptors (Lipinski definition) is 2. The van der Waals surface area contributed by atoms with Crippen LogP contribution in [0.4, 0.5) is 0 Å². The van der Waals surface area contributed by atoms with Crippen molar-refractivity contribution in [1.82, 2.24) is 14.8 Å². The summed E-state index contributed by atoms with van der Waals surface area (Å²) >= 11 is 18.1. The van der Waals surface area contributed by atoms with Crippen molar-refractivity contribution in [3.8, 4) is 11.4 Å². The van der Waals surface area contributed by atoms with Crippen molar-refractivity contribution >= 4 is 34.8 Å². The summed E-state index contributed by atoms with van der Waals surface area (Å²) in [5, 5.41) is 9.53. The predicted molar refractivity (Wildman–Crippen MR) is 79.9 cm³/mol. The second kappa shape index (κ2) is 6.12. The Morgan fingerprint density at radius 3 is 2.58 bits per heavy atom. The summed E-state index contributed by atoms with van der Waals surface area (Å²) in [5.74, 6) is 2.21. The summed E-state index contributed by atoms with van der Waals surface area (Å²) in [6.45, 7) is 5.04. The first-order valence-electron chi connectivity index (χ1n) is 5.96. The lowest BCUT2D eigenvalue weighted by Gasteiger charge is -2.12. The van der Waals surface area contributed by atoms with Crippen LogP contribution in [-0.4, -0.2) is 14.8 Å². The van der Waals surface area contributed by atoms with Crippen LogP contribution in [0.15, 0.2) is 18.2 Å². The van der Waals surface area contributed by atoms with Crippen LogP contribution in [0.1, 0.15) is 19.7 Å². The van der Waals surface area contributed by atoms with Crippen LogP contribution in [-0.2, 0) is 12.4 Å². The predicted octanol–water partition coefficient (Wildman–Crippen LogP) is 4.65. The zero-order valence-corrected chi connectivity index (χ0v) is 13.0. The van der Waals surface area contributed by atoms with E-state index in [0.717, 1.165) is 17.9 Å². The molecule has 19 heavy (non-hydrogen) atoms. The molecule has 2 aromatic rings. The van der Waals surface area contributed by atoms with E-state index >= 15 is 0 Å². The van der Waals surface area contributed by atoms with Crippen LogP contribution < -0.4 is 0 Å². The van der Waals surface area contributed by atoms with E-state index in [2.05, 4.69) is 24.0 Å². The van der Waals surface area contributed by atoms with Crippen LogP contribution in [0.25, 0.3) is 11.4 Å². The van der Waals surface area contributed by atoms with E-state index in [1.807, 2.05) is 4.57 Å². The maximum Gasteiger partial charge on any atom is 0.165 e. The largest absolute Gasteiger partial charge is 0.310 e. The summed E-state index contributed by atoms with van der Waals surface area (Å²) in [6, 6.07) is 5.30. The molecule has 1 heterocycles. The first-order valence-corrected chi connectivity index (χ1v) is 7.25. The molecule has 3 nitrogen and oxygen atoms in total. The zero-order chi connectivity index (χ0) is 14.0. The number of rotatable bonds is 4. The zero-order valence-electron chi connectivity index (χ0n) is 10.7. The molecule has 2 rings (SSSR count). The molecule has 0 amide bonds. The van der Waals surface area contributed by atoms with Gasteiger partial charge >= 0.3 is 0 Å². The summed E-state index contributed by atoms with van der Waals surface area (Å²) in [4.78, 5) is 0. The van der Waals surface area contributed by atoms with E-state index in [0.29, 0.717) is 27.7 Å². The van der Waals surface area contributed by atoms with Crippen molar-refractivity contribution in [1.29, 1.82) is 0 Å². The van der Waals surface area contributed by atoms with E-state index in [1.165, 1.54) is 0 Å². The Hall–Kier alpha value is -0.770. The fourth-order valence-electron chi connectivity index (χ4n) is 1.86. The van der Waals surface area contributed by atoms with Gasteiger partial charge in [-0.1, -0.05) is 37.0 Å². The van der Waals surface area contributed by atoms with Gasteiger partial charge in [0.25, 0.3) is 0 Å². The molecule has 0 spiro atoms. The quantitative estimate of drug-likeness (QED) is 0.768. The molecule has 0 bridgehead atoms. The maximum absolute atomic E-state index is 6.22. The van der Waals surface area contributed by atoms with Crippen molar-refractivity contribution in [2.24, 2.45) is 5.92 Å². The third kappa shape index (κ3) is 3.22. The van der Waals surface area contributed by atoms with E-state index in [9.17, 15) is 0 Å². The molecule has 0 radical (unpaired) electrons. The van der Waals surface area contributed by atoms with Gasteiger partial charge in [0.1, 0.15) is 5.82 Å². The van der Waals surface area contributed by atoms with Crippen molar-refractivity contribution < 1.29 is 0 Å². The Kier molecular flexibility index (Phi) is 4.71. The summed E-state index contributed by atoms with van der Waals surface area (Å²) in [7, 11) is 0. The third-order valence-electron chi connectivity index (χ3n) is 2.66. The van der Waals surface area contributed by atoms with Gasteiger partial charge in [0.2, 0.25) is 0 Å². The number of alkyl halides is 1. The summed E-state index contributed by atoms with van der Waals surface area (Å²) in [6.07, 6.45) is 0. The first kappa shape index (κ1) is 14.6. The van der Waals surface area contributed by atoms with Crippen molar-refractivity contribution in [3.05, 3.63) is 34.1 Å². The Balaban J connectivity index is 2.55. The minimum absolute atomic E-state index is 0.317. The normalized spacial score (nSPS) is 11.3. The van der Waals surface area contributed by atoms with Crippen LogP contribution in [0.2, 0.25) is 10.0 Å². The molecule has 0 saturated carbocycles. The highest BCUT2D eigenvalue weighted by Crippen LogP contribution is 2.30. The monoisotopic (exact) mass is 317 g/mol. The fourth-order valence-corrected chi connectivity index (χ4v) is 2.43. The van der Waals surface area contributed by atoms with Crippen molar-refractivity contribution in [2.45, 2.75) is 26.3 Å². The van der Waals surface area contributed by atoms with Crippen molar-refractivity contribution in [2.75, 3.05) is 0 Å². The molecule has 0 N–H and O–H groups in total. The highest BCUT2D eigenvalue weighted by atomic mass is 35.5. The minimum Gasteiger partial charge on any atom is -0.310 e. The molecular formula is C13H14Cl3N3. The maximum atomic E-state index is 6.22. The Bertz CT molecular complexity index is 579. The van der Waals surface area contributed by atoms with Crippen LogP contribution in [0.3, 0.4) is 0 Å². The number of halogens is 3. The second-order valence-electron chi connectivity index (χ2n) is 4.70. The van der Waals surface area contributed by atoms with E-state index < -0.39 is 0 Å². The average molecular weight is 319 g/mol. The number of benzene rings is 1. The van der Waals surface area contributed by atoms with Crippen LogP contribution in [0, 0.1) is 5.92 Å². The van der Waals surface area contributed by atoms with Gasteiger partial charge in [-0.05, 0) is 24.1 Å². The minimum atomic E-state index is 0.317. The molecule has 6 heteroatoms. The molecule has 0 aliphatic heterocycles. The smallest absolute Gasteiger partial charge is 0.165 e. The number of nitrogens with zero attached hydrogens (tertiary/aromatic N) is 3. The van der Waals surface area contributed by atoms with Gasteiger partial charge in [0.15, 0.2) is 5.82 Å². The van der Waals surface area contributed by atoms with Crippen LogP contribution >= 0.6 is 34.8 Å². The highest BCUT2D eigenvalue weighted by Gasteiger charge is 2.16. The molecule has 0 aliphatic rings. The molecule has 1 aromatic carbocycles. The molecular weight excluding hydrogens is 305 g/mol. The standard InChI is InChI=1S/C13H14Cl3N3/c1-8(2)7-19-12(6-14)17-18-13(19)10-5-9(15)3-4-11(10)16/h3-5,8H,6-7H2,1-2H3. The lowest BCUT2D eigenvalue weighted by molar-refractivity contribution is 0.515.